The van der Waals surface area contributed by atoms with Crippen LogP contribution >= 0.6 is 0 Å². The Bertz CT molecular complexity index is 504. The molecule has 7 heteroatoms. The minimum Gasteiger partial charge on any atom is -0.309 e. The van der Waals surface area contributed by atoms with Crippen LogP contribution in [0.25, 0.3) is 0 Å². The smallest absolute Gasteiger partial charge is 0.243 e. The van der Waals surface area contributed by atoms with Crippen LogP contribution in [0.1, 0.15) is 6.42 Å². The van der Waals surface area contributed by atoms with Crippen molar-refractivity contribution >= 4 is 10.0 Å². The van der Waals surface area contributed by atoms with Crippen molar-refractivity contribution in [3.63, 3.8) is 0 Å². The molecule has 0 amide bonds. The Labute approximate surface area is 106 Å². The van der Waals surface area contributed by atoms with Gasteiger partial charge >= 0.3 is 0 Å². The van der Waals surface area contributed by atoms with Gasteiger partial charge in [-0.15, -0.1) is 0 Å². The van der Waals surface area contributed by atoms with Crippen molar-refractivity contribution in [3.05, 3.63) is 29.8 Å². The van der Waals surface area contributed by atoms with E-state index in [0.717, 1.165) is 12.1 Å². The molecule has 18 heavy (non-hydrogen) atoms. The van der Waals surface area contributed by atoms with Crippen LogP contribution in [0.2, 0.25) is 0 Å². The Kier molecular flexibility index (Phi) is 5.18. The molecule has 0 radical (unpaired) electrons. The predicted octanol–water partition coefficient (Wildman–Crippen LogP) is 1.19. The minimum absolute atomic E-state index is 0.177. The van der Waals surface area contributed by atoms with Gasteiger partial charge in [0.15, 0.2) is 0 Å². The zero-order chi connectivity index (χ0) is 13.8. The van der Waals surface area contributed by atoms with Gasteiger partial charge in [-0.05, 0) is 45.3 Å². The maximum absolute atomic E-state index is 13.3. The lowest BCUT2D eigenvalue weighted by atomic mass is 10.3. The summed E-state index contributed by atoms with van der Waals surface area (Å²) in [5.41, 5.74) is 0. The molecular weight excluding hydrogens is 262 g/mol. The van der Waals surface area contributed by atoms with E-state index in [0.29, 0.717) is 19.0 Å². The Balaban J connectivity index is 2.71. The van der Waals surface area contributed by atoms with Gasteiger partial charge in [-0.2, -0.15) is 0 Å². The van der Waals surface area contributed by atoms with Crippen LogP contribution in [0, 0.1) is 11.6 Å². The molecule has 0 aliphatic heterocycles. The first-order valence-electron chi connectivity index (χ1n) is 5.42. The lowest BCUT2D eigenvalue weighted by Gasteiger charge is -2.10. The van der Waals surface area contributed by atoms with Gasteiger partial charge in [-0.3, -0.25) is 0 Å². The molecule has 0 aromatic heterocycles. The summed E-state index contributed by atoms with van der Waals surface area (Å²) in [5, 5.41) is 0. The number of benzene rings is 1. The van der Waals surface area contributed by atoms with Crippen molar-refractivity contribution < 1.29 is 17.2 Å². The van der Waals surface area contributed by atoms with E-state index in [2.05, 4.69) is 4.72 Å². The highest BCUT2D eigenvalue weighted by Gasteiger charge is 2.19. The van der Waals surface area contributed by atoms with Gasteiger partial charge in [0, 0.05) is 6.54 Å². The van der Waals surface area contributed by atoms with Gasteiger partial charge in [0.1, 0.15) is 16.5 Å². The third-order valence-electron chi connectivity index (χ3n) is 2.26. The molecule has 0 saturated carbocycles. The molecule has 1 aromatic carbocycles. The van der Waals surface area contributed by atoms with Crippen LogP contribution < -0.4 is 4.72 Å². The van der Waals surface area contributed by atoms with Gasteiger partial charge in [0.05, 0.1) is 0 Å². The zero-order valence-corrected chi connectivity index (χ0v) is 11.1. The summed E-state index contributed by atoms with van der Waals surface area (Å²) in [5.74, 6) is -1.75. The summed E-state index contributed by atoms with van der Waals surface area (Å²) in [6, 6.07) is 2.34. The second-order valence-corrected chi connectivity index (χ2v) is 5.86. The zero-order valence-electron chi connectivity index (χ0n) is 10.3. The highest BCUT2D eigenvalue weighted by molar-refractivity contribution is 7.89. The molecule has 1 rings (SSSR count). The maximum atomic E-state index is 13.3. The molecule has 4 nitrogen and oxygen atoms in total. The summed E-state index contributed by atoms with van der Waals surface area (Å²) in [6.07, 6.45) is 0.586. The van der Waals surface area contributed by atoms with Crippen molar-refractivity contribution in [2.24, 2.45) is 0 Å². The Morgan fingerprint density at radius 1 is 1.28 bits per heavy atom. The van der Waals surface area contributed by atoms with Gasteiger partial charge < -0.3 is 4.90 Å². The highest BCUT2D eigenvalue weighted by Crippen LogP contribution is 2.15. The van der Waals surface area contributed by atoms with Crippen LogP contribution in [0.5, 0.6) is 0 Å². The molecule has 0 bridgehead atoms. The lowest BCUT2D eigenvalue weighted by Crippen LogP contribution is -2.28. The van der Waals surface area contributed by atoms with E-state index < -0.39 is 26.6 Å². The summed E-state index contributed by atoms with van der Waals surface area (Å²) in [4.78, 5) is 1.24. The van der Waals surface area contributed by atoms with Crippen molar-refractivity contribution in [1.29, 1.82) is 0 Å². The fourth-order valence-electron chi connectivity index (χ4n) is 1.36. The van der Waals surface area contributed by atoms with Gasteiger partial charge in [0.25, 0.3) is 0 Å². The molecule has 0 aliphatic carbocycles. The molecule has 1 aromatic rings. The molecule has 0 saturated heterocycles. The largest absolute Gasteiger partial charge is 0.309 e. The standard InChI is InChI=1S/C11H16F2N2O2S/c1-15(2)7-3-6-14-18(16,17)11-8-9(12)4-5-10(11)13/h4-5,8,14H,3,6-7H2,1-2H3. The highest BCUT2D eigenvalue weighted by atomic mass is 32.2. The second kappa shape index (κ2) is 6.21. The van der Waals surface area contributed by atoms with Crippen LogP contribution in [0.3, 0.4) is 0 Å². The van der Waals surface area contributed by atoms with E-state index in [-0.39, 0.29) is 6.54 Å². The van der Waals surface area contributed by atoms with Crippen molar-refractivity contribution in [2.45, 2.75) is 11.3 Å². The molecule has 0 heterocycles. The van der Waals surface area contributed by atoms with E-state index >= 15 is 0 Å². The summed E-state index contributed by atoms with van der Waals surface area (Å²) in [6.45, 7) is 0.880. The molecule has 0 fully saturated rings. The van der Waals surface area contributed by atoms with Gasteiger partial charge in [-0.1, -0.05) is 0 Å². The molecule has 0 atom stereocenters. The van der Waals surface area contributed by atoms with E-state index in [1.54, 1.807) is 0 Å². The topological polar surface area (TPSA) is 49.4 Å². The fraction of sp³-hybridized carbons (Fsp3) is 0.455. The van der Waals surface area contributed by atoms with Crippen LogP contribution in [-0.4, -0.2) is 40.5 Å². The molecule has 0 aliphatic rings. The Hall–Kier alpha value is -1.05. The average Bonchev–Trinajstić information content (AvgIpc) is 2.27. The molecular formula is C11H16F2N2O2S. The first-order valence-corrected chi connectivity index (χ1v) is 6.90. The molecule has 102 valence electrons. The summed E-state index contributed by atoms with van der Waals surface area (Å²) < 4.78 is 51.9. The number of sulfonamides is 1. The van der Waals surface area contributed by atoms with Crippen molar-refractivity contribution in [1.82, 2.24) is 9.62 Å². The Morgan fingerprint density at radius 2 is 1.94 bits per heavy atom. The van der Waals surface area contributed by atoms with Gasteiger partial charge in [-0.25, -0.2) is 21.9 Å². The molecule has 1 N–H and O–H groups in total. The number of hydrogen-bond acceptors (Lipinski definition) is 3. The monoisotopic (exact) mass is 278 g/mol. The SMILES string of the molecule is CN(C)CCCNS(=O)(=O)c1cc(F)ccc1F. The number of nitrogens with zero attached hydrogens (tertiary/aromatic N) is 1. The molecule has 0 spiro atoms. The summed E-state index contributed by atoms with van der Waals surface area (Å²) in [7, 11) is -0.271. The number of rotatable bonds is 6. The number of nitrogens with one attached hydrogen (secondary N) is 1. The van der Waals surface area contributed by atoms with E-state index in [1.165, 1.54) is 0 Å². The third kappa shape index (κ3) is 4.32. The van der Waals surface area contributed by atoms with Gasteiger partial charge in [0.2, 0.25) is 10.0 Å². The maximum Gasteiger partial charge on any atom is 0.243 e. The minimum atomic E-state index is -3.99. The number of halogens is 2. The molecule has 0 unspecified atom stereocenters. The second-order valence-electron chi connectivity index (χ2n) is 4.13. The van der Waals surface area contributed by atoms with E-state index in [4.69, 9.17) is 0 Å². The fourth-order valence-corrected chi connectivity index (χ4v) is 2.52. The lowest BCUT2D eigenvalue weighted by molar-refractivity contribution is 0.400. The summed E-state index contributed by atoms with van der Waals surface area (Å²) >= 11 is 0. The van der Waals surface area contributed by atoms with Crippen LogP contribution in [0.15, 0.2) is 23.1 Å². The van der Waals surface area contributed by atoms with E-state index in [9.17, 15) is 17.2 Å². The average molecular weight is 278 g/mol. The number of hydrogen-bond donors (Lipinski definition) is 1. The quantitative estimate of drug-likeness (QED) is 0.795. The first kappa shape index (κ1) is 15.0. The Morgan fingerprint density at radius 3 is 2.56 bits per heavy atom. The predicted molar refractivity (Wildman–Crippen MR) is 64.7 cm³/mol. The van der Waals surface area contributed by atoms with Crippen molar-refractivity contribution in [3.8, 4) is 0 Å². The van der Waals surface area contributed by atoms with Crippen LogP contribution in [-0.2, 0) is 10.0 Å². The third-order valence-corrected chi connectivity index (χ3v) is 3.73. The first-order chi connectivity index (χ1) is 8.33. The van der Waals surface area contributed by atoms with E-state index in [1.807, 2.05) is 19.0 Å². The van der Waals surface area contributed by atoms with Crippen LogP contribution in [0.4, 0.5) is 8.78 Å². The normalized spacial score (nSPS) is 12.1. The van der Waals surface area contributed by atoms with Crippen molar-refractivity contribution in [2.75, 3.05) is 27.2 Å².